The summed E-state index contributed by atoms with van der Waals surface area (Å²) in [7, 11) is 0. The fourth-order valence-corrected chi connectivity index (χ4v) is 3.00. The Morgan fingerprint density at radius 2 is 0.900 bits per heavy atom. The molecule has 0 aliphatic heterocycles. The molecule has 0 saturated carbocycles. The highest BCUT2D eigenvalue weighted by Crippen LogP contribution is 2.45. The van der Waals surface area contributed by atoms with Crippen LogP contribution in [0.3, 0.4) is 0 Å². The Morgan fingerprint density at radius 1 is 0.500 bits per heavy atom. The van der Waals surface area contributed by atoms with E-state index in [1.807, 2.05) is 62.4 Å². The summed E-state index contributed by atoms with van der Waals surface area (Å²) in [6, 6.07) is 21.7. The summed E-state index contributed by atoms with van der Waals surface area (Å²) >= 11 is 0. The zero-order valence-corrected chi connectivity index (χ0v) is 16.6. The van der Waals surface area contributed by atoms with Gasteiger partial charge in [-0.1, -0.05) is 47.5 Å². The van der Waals surface area contributed by atoms with E-state index in [1.165, 1.54) is 0 Å². The third-order valence-corrected chi connectivity index (χ3v) is 4.69. The van der Waals surface area contributed by atoms with Crippen LogP contribution in [0.4, 0.5) is 22.7 Å². The number of hydrogen-bond acceptors (Lipinski definition) is 6. The zero-order valence-electron chi connectivity index (χ0n) is 16.6. The minimum Gasteiger partial charge on any atom is -0.506 e. The molecule has 0 atom stereocenters. The minimum atomic E-state index is -0.0595. The van der Waals surface area contributed by atoms with E-state index in [2.05, 4.69) is 20.5 Å². The first kappa shape index (κ1) is 19.3. The molecule has 0 saturated heterocycles. The predicted octanol–water partition coefficient (Wildman–Crippen LogP) is 7.70. The predicted molar refractivity (Wildman–Crippen MR) is 118 cm³/mol. The fourth-order valence-electron chi connectivity index (χ4n) is 3.00. The van der Waals surface area contributed by atoms with Crippen LogP contribution >= 0.6 is 0 Å². The number of azo groups is 2. The quantitative estimate of drug-likeness (QED) is 0.346. The monoisotopic (exact) mass is 396 g/mol. The summed E-state index contributed by atoms with van der Waals surface area (Å²) in [5.41, 5.74) is 3.99. The SMILES string of the molecule is Cc1ccc(N=Nc2c(O)ccc3ccc(O)c(N=Nc4ccc(C)cc4)c23)cc1. The van der Waals surface area contributed by atoms with Crippen molar-refractivity contribution in [3.63, 3.8) is 0 Å². The van der Waals surface area contributed by atoms with Crippen LogP contribution in [0, 0.1) is 13.8 Å². The van der Waals surface area contributed by atoms with Crippen molar-refractivity contribution < 1.29 is 10.2 Å². The summed E-state index contributed by atoms with van der Waals surface area (Å²) in [5.74, 6) is -0.119. The first-order valence-corrected chi connectivity index (χ1v) is 9.46. The van der Waals surface area contributed by atoms with Gasteiger partial charge < -0.3 is 10.2 Å². The lowest BCUT2D eigenvalue weighted by molar-refractivity contribution is 0.475. The van der Waals surface area contributed by atoms with Crippen molar-refractivity contribution in [2.45, 2.75) is 13.8 Å². The maximum Gasteiger partial charge on any atom is 0.143 e. The Morgan fingerprint density at radius 3 is 1.30 bits per heavy atom. The average molecular weight is 396 g/mol. The molecule has 2 N–H and O–H groups in total. The van der Waals surface area contributed by atoms with Crippen molar-refractivity contribution in [1.82, 2.24) is 0 Å². The van der Waals surface area contributed by atoms with Crippen molar-refractivity contribution in [1.29, 1.82) is 0 Å². The van der Waals surface area contributed by atoms with Crippen molar-refractivity contribution in [3.05, 3.63) is 83.9 Å². The molecule has 0 bridgehead atoms. The molecular formula is C24H20N4O2. The lowest BCUT2D eigenvalue weighted by Gasteiger charge is -2.08. The molecule has 30 heavy (non-hydrogen) atoms. The molecule has 6 heteroatoms. The molecular weight excluding hydrogens is 376 g/mol. The third-order valence-electron chi connectivity index (χ3n) is 4.69. The third kappa shape index (κ3) is 4.03. The van der Waals surface area contributed by atoms with Gasteiger partial charge >= 0.3 is 0 Å². The molecule has 148 valence electrons. The van der Waals surface area contributed by atoms with Crippen molar-refractivity contribution >= 4 is 33.5 Å². The number of benzene rings is 4. The van der Waals surface area contributed by atoms with Gasteiger partial charge in [-0.2, -0.15) is 10.2 Å². The van der Waals surface area contributed by atoms with Crippen LogP contribution in [-0.2, 0) is 0 Å². The van der Waals surface area contributed by atoms with Crippen molar-refractivity contribution in [2.24, 2.45) is 20.5 Å². The van der Waals surface area contributed by atoms with Crippen LogP contribution in [0.25, 0.3) is 10.8 Å². The van der Waals surface area contributed by atoms with Gasteiger partial charge in [0.25, 0.3) is 0 Å². The summed E-state index contributed by atoms with van der Waals surface area (Å²) in [4.78, 5) is 0. The van der Waals surface area contributed by atoms with E-state index < -0.39 is 0 Å². The van der Waals surface area contributed by atoms with E-state index in [0.717, 1.165) is 16.5 Å². The van der Waals surface area contributed by atoms with E-state index in [9.17, 15) is 10.2 Å². The van der Waals surface area contributed by atoms with Gasteiger partial charge in [-0.3, -0.25) is 0 Å². The molecule has 4 aromatic carbocycles. The second-order valence-corrected chi connectivity index (χ2v) is 7.04. The number of aryl methyl sites for hydroxylation is 2. The summed E-state index contributed by atoms with van der Waals surface area (Å²) in [6.07, 6.45) is 0. The van der Waals surface area contributed by atoms with E-state index in [0.29, 0.717) is 16.8 Å². The fraction of sp³-hybridized carbons (Fsp3) is 0.0833. The molecule has 0 spiro atoms. The summed E-state index contributed by atoms with van der Waals surface area (Å²) in [5, 5.41) is 39.1. The molecule has 0 radical (unpaired) electrons. The van der Waals surface area contributed by atoms with E-state index >= 15 is 0 Å². The molecule has 6 nitrogen and oxygen atoms in total. The lowest BCUT2D eigenvalue weighted by Crippen LogP contribution is -1.79. The van der Waals surface area contributed by atoms with Gasteiger partial charge in [-0.05, 0) is 55.6 Å². The van der Waals surface area contributed by atoms with Gasteiger partial charge in [-0.25, -0.2) is 0 Å². The highest BCUT2D eigenvalue weighted by Gasteiger charge is 2.15. The number of hydrogen-bond donors (Lipinski definition) is 2. The van der Waals surface area contributed by atoms with Gasteiger partial charge in [0.2, 0.25) is 0 Å². The summed E-state index contributed by atoms with van der Waals surface area (Å²) < 4.78 is 0. The minimum absolute atomic E-state index is 0.0595. The number of nitrogens with zero attached hydrogens (tertiary/aromatic N) is 4. The van der Waals surface area contributed by atoms with Gasteiger partial charge in [0, 0.05) is 5.39 Å². The van der Waals surface area contributed by atoms with Gasteiger partial charge in [-0.15, -0.1) is 10.2 Å². The van der Waals surface area contributed by atoms with Gasteiger partial charge in [0.1, 0.15) is 22.9 Å². The van der Waals surface area contributed by atoms with Gasteiger partial charge in [0.05, 0.1) is 11.4 Å². The Bertz CT molecular complexity index is 1170. The number of fused-ring (bicyclic) bond motifs is 1. The second kappa shape index (κ2) is 8.13. The molecule has 4 rings (SSSR count). The molecule has 0 aliphatic carbocycles. The second-order valence-electron chi connectivity index (χ2n) is 7.04. The molecule has 0 fully saturated rings. The summed E-state index contributed by atoms with van der Waals surface area (Å²) in [6.45, 7) is 3.98. The maximum absolute atomic E-state index is 10.5. The zero-order chi connectivity index (χ0) is 21.1. The molecule has 0 aliphatic rings. The highest BCUT2D eigenvalue weighted by atomic mass is 16.3. The smallest absolute Gasteiger partial charge is 0.143 e. The van der Waals surface area contributed by atoms with Crippen LogP contribution in [0.2, 0.25) is 0 Å². The molecule has 0 heterocycles. The Balaban J connectivity index is 1.83. The standard InChI is InChI=1S/C24H20N4O2/c1-15-3-9-18(10-4-15)25-27-23-20(29)13-7-17-8-14-21(30)24(22(17)23)28-26-19-11-5-16(2)6-12-19/h3-14,29-30H,1-2H3. The first-order chi connectivity index (χ1) is 14.5. The van der Waals surface area contributed by atoms with Crippen LogP contribution in [-0.4, -0.2) is 10.2 Å². The van der Waals surface area contributed by atoms with E-state index in [-0.39, 0.29) is 22.9 Å². The van der Waals surface area contributed by atoms with Crippen LogP contribution < -0.4 is 0 Å². The Kier molecular flexibility index (Phi) is 5.22. The average Bonchev–Trinajstić information content (AvgIpc) is 2.75. The van der Waals surface area contributed by atoms with Crippen LogP contribution in [0.1, 0.15) is 11.1 Å². The van der Waals surface area contributed by atoms with Crippen LogP contribution in [0.15, 0.2) is 93.3 Å². The Labute approximate surface area is 173 Å². The van der Waals surface area contributed by atoms with Crippen molar-refractivity contribution in [3.8, 4) is 11.5 Å². The number of aromatic hydroxyl groups is 2. The van der Waals surface area contributed by atoms with Crippen molar-refractivity contribution in [2.75, 3.05) is 0 Å². The molecule has 0 amide bonds. The largest absolute Gasteiger partial charge is 0.506 e. The topological polar surface area (TPSA) is 89.9 Å². The first-order valence-electron chi connectivity index (χ1n) is 9.46. The normalized spacial score (nSPS) is 11.7. The molecule has 4 aromatic rings. The molecule has 0 aromatic heterocycles. The highest BCUT2D eigenvalue weighted by molar-refractivity contribution is 6.05. The van der Waals surface area contributed by atoms with Crippen LogP contribution in [0.5, 0.6) is 11.5 Å². The lowest BCUT2D eigenvalue weighted by atomic mass is 10.1. The van der Waals surface area contributed by atoms with E-state index in [4.69, 9.17) is 0 Å². The maximum atomic E-state index is 10.5. The molecule has 0 unspecified atom stereocenters. The van der Waals surface area contributed by atoms with E-state index in [1.54, 1.807) is 24.3 Å². The number of phenols is 2. The van der Waals surface area contributed by atoms with Gasteiger partial charge in [0.15, 0.2) is 0 Å². The number of phenolic OH excluding ortho intramolecular Hbond substituents is 2. The Hall–Kier alpha value is -4.06. The number of rotatable bonds is 4.